The first-order valence-corrected chi connectivity index (χ1v) is 6.91. The van der Waals surface area contributed by atoms with E-state index in [0.717, 1.165) is 0 Å². The lowest BCUT2D eigenvalue weighted by molar-refractivity contribution is -0.112. The molecule has 0 saturated heterocycles. The van der Waals surface area contributed by atoms with Crippen LogP contribution < -0.4 is 10.0 Å². The summed E-state index contributed by atoms with van der Waals surface area (Å²) in [5.74, 6) is -0.294. The predicted molar refractivity (Wildman–Crippen MR) is 70.7 cm³/mol. The zero-order chi connectivity index (χ0) is 13.8. The Morgan fingerprint density at radius 3 is 2.28 bits per heavy atom. The second kappa shape index (κ2) is 5.79. The van der Waals surface area contributed by atoms with E-state index in [1.54, 1.807) is 13.8 Å². The van der Waals surface area contributed by atoms with Gasteiger partial charge in [0.25, 0.3) is 5.91 Å². The number of carbonyl (C=O) groups is 1. The highest BCUT2D eigenvalue weighted by molar-refractivity contribution is 7.89. The Morgan fingerprint density at radius 2 is 1.83 bits per heavy atom. The third-order valence-corrected chi connectivity index (χ3v) is 3.71. The molecule has 0 unspecified atom stereocenters. The summed E-state index contributed by atoms with van der Waals surface area (Å²) >= 11 is 0. The molecule has 0 aliphatic carbocycles. The number of sulfonamides is 1. The topological polar surface area (TPSA) is 75.3 Å². The molecule has 1 aromatic rings. The van der Waals surface area contributed by atoms with Crippen LogP contribution in [0.4, 0.5) is 5.69 Å². The molecule has 18 heavy (non-hydrogen) atoms. The Kier molecular flexibility index (Phi) is 4.63. The lowest BCUT2D eigenvalue weighted by atomic mass is 10.3. The number of carbonyl (C=O) groups excluding carboxylic acids is 1. The number of amides is 1. The summed E-state index contributed by atoms with van der Waals surface area (Å²) in [6, 6.07) is 5.94. The number of anilines is 1. The molecule has 0 bridgehead atoms. The first-order valence-electron chi connectivity index (χ1n) is 5.43. The largest absolute Gasteiger partial charge is 0.322 e. The maximum absolute atomic E-state index is 11.7. The Hall–Kier alpha value is -1.66. The summed E-state index contributed by atoms with van der Waals surface area (Å²) < 4.78 is 25.7. The molecular formula is C12H16N2O3S. The van der Waals surface area contributed by atoms with Crippen molar-refractivity contribution in [1.82, 2.24) is 4.72 Å². The molecule has 1 aromatic carbocycles. The van der Waals surface area contributed by atoms with Crippen LogP contribution in [-0.2, 0) is 14.8 Å². The van der Waals surface area contributed by atoms with Crippen molar-refractivity contribution in [3.8, 4) is 0 Å². The maximum Gasteiger partial charge on any atom is 0.250 e. The van der Waals surface area contributed by atoms with Crippen molar-refractivity contribution >= 4 is 21.6 Å². The van der Waals surface area contributed by atoms with Gasteiger partial charge in [0.05, 0.1) is 4.90 Å². The van der Waals surface area contributed by atoms with Gasteiger partial charge in [-0.05, 0) is 31.2 Å². The van der Waals surface area contributed by atoms with Gasteiger partial charge in [0.15, 0.2) is 0 Å². The van der Waals surface area contributed by atoms with Gasteiger partial charge in [-0.3, -0.25) is 4.79 Å². The summed E-state index contributed by atoms with van der Waals surface area (Å²) in [7, 11) is -3.45. The highest BCUT2D eigenvalue weighted by Crippen LogP contribution is 2.14. The Labute approximate surface area is 107 Å². The fourth-order valence-corrected chi connectivity index (χ4v) is 2.27. The summed E-state index contributed by atoms with van der Waals surface area (Å²) in [5, 5.41) is 2.60. The van der Waals surface area contributed by atoms with Crippen LogP contribution in [0.2, 0.25) is 0 Å². The van der Waals surface area contributed by atoms with Crippen molar-refractivity contribution in [3.05, 3.63) is 36.4 Å². The second-order valence-electron chi connectivity index (χ2n) is 3.76. The molecule has 2 N–H and O–H groups in total. The molecule has 1 rings (SSSR count). The molecule has 0 aliphatic heterocycles. The zero-order valence-electron chi connectivity index (χ0n) is 10.4. The minimum atomic E-state index is -3.45. The van der Waals surface area contributed by atoms with E-state index < -0.39 is 10.0 Å². The molecule has 0 atom stereocenters. The van der Waals surface area contributed by atoms with Crippen LogP contribution >= 0.6 is 0 Å². The molecule has 0 aliphatic rings. The molecular weight excluding hydrogens is 252 g/mol. The maximum atomic E-state index is 11.7. The highest BCUT2D eigenvalue weighted by Gasteiger charge is 2.12. The quantitative estimate of drug-likeness (QED) is 0.795. The van der Waals surface area contributed by atoms with Gasteiger partial charge in [0.1, 0.15) is 0 Å². The Bertz CT molecular complexity index is 547. The van der Waals surface area contributed by atoms with Crippen LogP contribution in [0.5, 0.6) is 0 Å². The van der Waals surface area contributed by atoms with Crippen molar-refractivity contribution in [1.29, 1.82) is 0 Å². The monoisotopic (exact) mass is 268 g/mol. The number of nitrogens with one attached hydrogen (secondary N) is 2. The van der Waals surface area contributed by atoms with Crippen molar-refractivity contribution in [3.63, 3.8) is 0 Å². The van der Waals surface area contributed by atoms with E-state index in [-0.39, 0.29) is 10.8 Å². The summed E-state index contributed by atoms with van der Waals surface area (Å²) in [4.78, 5) is 11.5. The molecule has 0 saturated carbocycles. The molecule has 6 heteroatoms. The SMILES string of the molecule is C=C(C)C(=O)Nc1ccc(S(=O)(=O)NCC)cc1. The average molecular weight is 268 g/mol. The van der Waals surface area contributed by atoms with Crippen LogP contribution in [0, 0.1) is 0 Å². The van der Waals surface area contributed by atoms with Crippen LogP contribution in [0.25, 0.3) is 0 Å². The number of hydrogen-bond acceptors (Lipinski definition) is 3. The molecule has 98 valence electrons. The fourth-order valence-electron chi connectivity index (χ4n) is 1.23. The Balaban J connectivity index is 2.87. The van der Waals surface area contributed by atoms with Gasteiger partial charge >= 0.3 is 0 Å². The molecule has 0 heterocycles. The van der Waals surface area contributed by atoms with Gasteiger partial charge < -0.3 is 5.32 Å². The Morgan fingerprint density at radius 1 is 1.28 bits per heavy atom. The molecule has 0 radical (unpaired) electrons. The van der Waals surface area contributed by atoms with Gasteiger partial charge in [-0.1, -0.05) is 13.5 Å². The predicted octanol–water partition coefficient (Wildman–Crippen LogP) is 1.50. The van der Waals surface area contributed by atoms with E-state index in [1.165, 1.54) is 24.3 Å². The first kappa shape index (κ1) is 14.4. The van der Waals surface area contributed by atoms with Gasteiger partial charge in [-0.2, -0.15) is 0 Å². The van der Waals surface area contributed by atoms with Crippen LogP contribution in [0.15, 0.2) is 41.3 Å². The molecule has 1 amide bonds. The second-order valence-corrected chi connectivity index (χ2v) is 5.53. The lowest BCUT2D eigenvalue weighted by Crippen LogP contribution is -2.23. The number of hydrogen-bond donors (Lipinski definition) is 2. The van der Waals surface area contributed by atoms with E-state index >= 15 is 0 Å². The van der Waals surface area contributed by atoms with Crippen LogP contribution in [-0.4, -0.2) is 20.9 Å². The van der Waals surface area contributed by atoms with E-state index in [4.69, 9.17) is 0 Å². The minimum absolute atomic E-state index is 0.165. The van der Waals surface area contributed by atoms with Crippen LogP contribution in [0.3, 0.4) is 0 Å². The van der Waals surface area contributed by atoms with Crippen molar-refractivity contribution in [2.45, 2.75) is 18.7 Å². The smallest absolute Gasteiger partial charge is 0.250 e. The van der Waals surface area contributed by atoms with Crippen molar-refractivity contribution < 1.29 is 13.2 Å². The van der Waals surface area contributed by atoms with E-state index in [9.17, 15) is 13.2 Å². The fraction of sp³-hybridized carbons (Fsp3) is 0.250. The average Bonchev–Trinajstić information content (AvgIpc) is 2.29. The zero-order valence-corrected chi connectivity index (χ0v) is 11.2. The molecule has 0 fully saturated rings. The third-order valence-electron chi connectivity index (χ3n) is 2.14. The number of benzene rings is 1. The van der Waals surface area contributed by atoms with Crippen LogP contribution in [0.1, 0.15) is 13.8 Å². The van der Waals surface area contributed by atoms with E-state index in [1.807, 2.05) is 0 Å². The summed E-state index contributed by atoms with van der Waals surface area (Å²) in [6.45, 7) is 7.15. The van der Waals surface area contributed by atoms with E-state index in [0.29, 0.717) is 17.8 Å². The van der Waals surface area contributed by atoms with Crippen molar-refractivity contribution in [2.75, 3.05) is 11.9 Å². The summed E-state index contributed by atoms with van der Waals surface area (Å²) in [6.07, 6.45) is 0. The molecule has 5 nitrogen and oxygen atoms in total. The molecule has 0 aromatic heterocycles. The van der Waals surface area contributed by atoms with Gasteiger partial charge in [-0.25, -0.2) is 13.1 Å². The van der Waals surface area contributed by atoms with Gasteiger partial charge in [0.2, 0.25) is 10.0 Å². The minimum Gasteiger partial charge on any atom is -0.322 e. The van der Waals surface area contributed by atoms with Gasteiger partial charge in [-0.15, -0.1) is 0 Å². The standard InChI is InChI=1S/C12H16N2O3S/c1-4-13-18(16,17)11-7-5-10(6-8-11)14-12(15)9(2)3/h5-8,13H,2,4H2,1,3H3,(H,14,15). The van der Waals surface area contributed by atoms with Crippen molar-refractivity contribution in [2.24, 2.45) is 0 Å². The normalized spacial score (nSPS) is 11.0. The van der Waals surface area contributed by atoms with Gasteiger partial charge in [0, 0.05) is 17.8 Å². The van der Waals surface area contributed by atoms with E-state index in [2.05, 4.69) is 16.6 Å². The lowest BCUT2D eigenvalue weighted by Gasteiger charge is -2.07. The first-order chi connectivity index (χ1) is 8.36. The highest BCUT2D eigenvalue weighted by atomic mass is 32.2. The molecule has 0 spiro atoms. The number of rotatable bonds is 5. The third kappa shape index (κ3) is 3.68. The summed E-state index contributed by atoms with van der Waals surface area (Å²) in [5.41, 5.74) is 0.915.